The molecule has 7 heteroatoms. The molecular weight excluding hydrogens is 368 g/mol. The second kappa shape index (κ2) is 7.24. The number of amides is 1. The zero-order valence-electron chi connectivity index (χ0n) is 16.0. The largest absolute Gasteiger partial charge is 0.463 e. The first kappa shape index (κ1) is 17.7. The Morgan fingerprint density at radius 3 is 3.07 bits per heavy atom. The lowest BCUT2D eigenvalue weighted by molar-refractivity contribution is -0.122. The van der Waals surface area contributed by atoms with Gasteiger partial charge in [0.05, 0.1) is 17.8 Å². The molecule has 0 aliphatic heterocycles. The first-order chi connectivity index (χ1) is 14.2. The third kappa shape index (κ3) is 3.22. The summed E-state index contributed by atoms with van der Waals surface area (Å²) in [7, 11) is 0. The van der Waals surface area contributed by atoms with Crippen molar-refractivity contribution < 1.29 is 9.21 Å². The van der Waals surface area contributed by atoms with Gasteiger partial charge < -0.3 is 9.73 Å². The summed E-state index contributed by atoms with van der Waals surface area (Å²) in [5.41, 5.74) is 4.38. The van der Waals surface area contributed by atoms with Gasteiger partial charge in [0.15, 0.2) is 5.58 Å². The monoisotopic (exact) mass is 390 g/mol. The highest BCUT2D eigenvalue weighted by Crippen LogP contribution is 2.29. The van der Waals surface area contributed by atoms with Crippen molar-refractivity contribution in [2.24, 2.45) is 0 Å². The zero-order valence-corrected chi connectivity index (χ0v) is 16.0. The van der Waals surface area contributed by atoms with Gasteiger partial charge in [0, 0.05) is 25.1 Å². The van der Waals surface area contributed by atoms with Gasteiger partial charge in [-0.1, -0.05) is 24.3 Å². The molecule has 0 bridgehead atoms. The van der Waals surface area contributed by atoms with E-state index >= 15 is 0 Å². The first-order valence-corrected chi connectivity index (χ1v) is 10.0. The van der Waals surface area contributed by atoms with E-state index in [2.05, 4.69) is 22.5 Å². The SMILES string of the molecule is O=C(CCCn1ncn2c(cc3occc32)c1=O)NC1CCCc2ccccc21. The second-order valence-electron chi connectivity index (χ2n) is 7.54. The van der Waals surface area contributed by atoms with Gasteiger partial charge in [-0.05, 0) is 36.8 Å². The summed E-state index contributed by atoms with van der Waals surface area (Å²) in [5, 5.41) is 7.40. The van der Waals surface area contributed by atoms with E-state index in [1.54, 1.807) is 23.1 Å². The van der Waals surface area contributed by atoms with E-state index < -0.39 is 0 Å². The predicted octanol–water partition coefficient (Wildman–Crippen LogP) is 3.22. The number of hydrogen-bond acceptors (Lipinski definition) is 4. The fraction of sp³-hybridized carbons (Fsp3) is 0.318. The highest BCUT2D eigenvalue weighted by atomic mass is 16.3. The average Bonchev–Trinajstić information content (AvgIpc) is 3.32. The maximum absolute atomic E-state index is 12.7. The molecule has 0 saturated heterocycles. The van der Waals surface area contributed by atoms with Gasteiger partial charge in [-0.3, -0.25) is 14.0 Å². The van der Waals surface area contributed by atoms with Crippen LogP contribution in [0.2, 0.25) is 0 Å². The van der Waals surface area contributed by atoms with Crippen molar-refractivity contribution in [3.8, 4) is 0 Å². The molecule has 7 nitrogen and oxygen atoms in total. The number of aromatic nitrogens is 3. The lowest BCUT2D eigenvalue weighted by atomic mass is 9.87. The number of hydrogen-bond donors (Lipinski definition) is 1. The molecule has 5 rings (SSSR count). The van der Waals surface area contributed by atoms with Crippen molar-refractivity contribution in [3.63, 3.8) is 0 Å². The number of nitrogens with one attached hydrogen (secondary N) is 1. The van der Waals surface area contributed by atoms with Gasteiger partial charge in [-0.2, -0.15) is 5.10 Å². The fourth-order valence-corrected chi connectivity index (χ4v) is 4.25. The molecular formula is C22H22N4O3. The average molecular weight is 390 g/mol. The molecule has 1 aromatic carbocycles. The maximum Gasteiger partial charge on any atom is 0.291 e. The number of nitrogens with zero attached hydrogens (tertiary/aromatic N) is 3. The zero-order chi connectivity index (χ0) is 19.8. The summed E-state index contributed by atoms with van der Waals surface area (Å²) in [4.78, 5) is 25.1. The van der Waals surface area contributed by atoms with Gasteiger partial charge in [-0.25, -0.2) is 4.68 Å². The molecule has 1 N–H and O–H groups in total. The van der Waals surface area contributed by atoms with Crippen LogP contribution < -0.4 is 10.9 Å². The van der Waals surface area contributed by atoms with Crippen LogP contribution in [-0.4, -0.2) is 20.1 Å². The molecule has 29 heavy (non-hydrogen) atoms. The minimum atomic E-state index is -0.180. The number of aryl methyl sites for hydroxylation is 2. The van der Waals surface area contributed by atoms with Crippen molar-refractivity contribution in [2.45, 2.75) is 44.7 Å². The van der Waals surface area contributed by atoms with Gasteiger partial charge in [0.1, 0.15) is 11.8 Å². The number of rotatable bonds is 5. The number of carbonyl (C=O) groups excluding carboxylic acids is 1. The molecule has 0 radical (unpaired) electrons. The van der Waals surface area contributed by atoms with E-state index in [0.717, 1.165) is 24.8 Å². The minimum Gasteiger partial charge on any atom is -0.463 e. The molecule has 0 saturated carbocycles. The number of carbonyl (C=O) groups is 1. The molecule has 3 heterocycles. The standard InChI is InChI=1S/C22H22N4O3/c27-21(24-17-8-3-6-15-5-1-2-7-16(15)17)9-4-11-26-22(28)19-13-20-18(10-12-29-20)25(19)14-23-26/h1-2,5,7,10,12-14,17H,3-4,6,8-9,11H2,(H,24,27). The Morgan fingerprint density at radius 1 is 1.24 bits per heavy atom. The lowest BCUT2D eigenvalue weighted by Gasteiger charge is -2.26. The summed E-state index contributed by atoms with van der Waals surface area (Å²) in [5.74, 6) is 0.0148. The van der Waals surface area contributed by atoms with Crippen molar-refractivity contribution in [3.05, 3.63) is 70.5 Å². The van der Waals surface area contributed by atoms with Crippen LogP contribution in [0.15, 0.2) is 58.2 Å². The molecule has 0 fully saturated rings. The number of fused-ring (bicyclic) bond motifs is 4. The van der Waals surface area contributed by atoms with Gasteiger partial charge >= 0.3 is 0 Å². The van der Waals surface area contributed by atoms with Crippen LogP contribution in [0.4, 0.5) is 0 Å². The van der Waals surface area contributed by atoms with E-state index in [1.165, 1.54) is 15.8 Å². The van der Waals surface area contributed by atoms with E-state index in [0.29, 0.717) is 30.5 Å². The molecule has 1 aliphatic carbocycles. The molecule has 1 atom stereocenters. The second-order valence-corrected chi connectivity index (χ2v) is 7.54. The fourth-order valence-electron chi connectivity index (χ4n) is 4.25. The van der Waals surface area contributed by atoms with Crippen LogP contribution in [-0.2, 0) is 17.8 Å². The Kier molecular flexibility index (Phi) is 4.42. The normalized spacial score (nSPS) is 16.2. The van der Waals surface area contributed by atoms with Crippen LogP contribution in [0.1, 0.15) is 42.9 Å². The molecule has 1 aliphatic rings. The van der Waals surface area contributed by atoms with Crippen LogP contribution >= 0.6 is 0 Å². The summed E-state index contributed by atoms with van der Waals surface area (Å²) in [6, 6.07) is 11.9. The molecule has 148 valence electrons. The Labute approximate surface area is 166 Å². The summed E-state index contributed by atoms with van der Waals surface area (Å²) < 4.78 is 8.50. The van der Waals surface area contributed by atoms with Crippen molar-refractivity contribution in [2.75, 3.05) is 0 Å². The lowest BCUT2D eigenvalue weighted by Crippen LogP contribution is -2.31. The Balaban J connectivity index is 1.23. The third-order valence-electron chi connectivity index (χ3n) is 5.70. The molecule has 3 aromatic heterocycles. The molecule has 1 unspecified atom stereocenters. The van der Waals surface area contributed by atoms with Crippen molar-refractivity contribution >= 4 is 22.5 Å². The van der Waals surface area contributed by atoms with Gasteiger partial charge in [0.2, 0.25) is 5.91 Å². The number of benzene rings is 1. The smallest absolute Gasteiger partial charge is 0.291 e. The van der Waals surface area contributed by atoms with Crippen LogP contribution in [0.3, 0.4) is 0 Å². The van der Waals surface area contributed by atoms with Gasteiger partial charge in [-0.15, -0.1) is 0 Å². The highest BCUT2D eigenvalue weighted by Gasteiger charge is 2.21. The van der Waals surface area contributed by atoms with Crippen LogP contribution in [0, 0.1) is 0 Å². The third-order valence-corrected chi connectivity index (χ3v) is 5.70. The molecule has 4 aromatic rings. The van der Waals surface area contributed by atoms with E-state index in [-0.39, 0.29) is 17.5 Å². The summed E-state index contributed by atoms with van der Waals surface area (Å²) >= 11 is 0. The maximum atomic E-state index is 12.7. The first-order valence-electron chi connectivity index (χ1n) is 10.0. The van der Waals surface area contributed by atoms with Crippen LogP contribution in [0.5, 0.6) is 0 Å². The Hall–Kier alpha value is -3.35. The Bertz CT molecular complexity index is 1250. The van der Waals surface area contributed by atoms with E-state index in [9.17, 15) is 9.59 Å². The number of furan rings is 1. The highest BCUT2D eigenvalue weighted by molar-refractivity contribution is 5.81. The summed E-state index contributed by atoms with van der Waals surface area (Å²) in [6.45, 7) is 0.399. The molecule has 0 spiro atoms. The Morgan fingerprint density at radius 2 is 2.14 bits per heavy atom. The van der Waals surface area contributed by atoms with Crippen molar-refractivity contribution in [1.82, 2.24) is 19.5 Å². The minimum absolute atomic E-state index is 0.0148. The topological polar surface area (TPSA) is 81.5 Å². The predicted molar refractivity (Wildman–Crippen MR) is 109 cm³/mol. The van der Waals surface area contributed by atoms with Gasteiger partial charge in [0.25, 0.3) is 5.56 Å². The molecule has 1 amide bonds. The summed E-state index contributed by atoms with van der Waals surface area (Å²) in [6.07, 6.45) is 7.25. The quantitative estimate of drug-likeness (QED) is 0.567. The van der Waals surface area contributed by atoms with Crippen molar-refractivity contribution in [1.29, 1.82) is 0 Å². The van der Waals surface area contributed by atoms with Crippen LogP contribution in [0.25, 0.3) is 16.6 Å². The van der Waals surface area contributed by atoms with E-state index in [1.807, 2.05) is 18.2 Å². The van der Waals surface area contributed by atoms with E-state index in [4.69, 9.17) is 4.42 Å².